The van der Waals surface area contributed by atoms with E-state index in [1.54, 1.807) is 6.08 Å². The van der Waals surface area contributed by atoms with Crippen molar-refractivity contribution in [2.45, 2.75) is 85.1 Å². The first-order valence-corrected chi connectivity index (χ1v) is 14.4. The molecular weight excluding hydrogens is 468 g/mol. The Labute approximate surface area is 231 Å². The van der Waals surface area contributed by atoms with Crippen molar-refractivity contribution in [1.29, 1.82) is 0 Å². The molecular formula is C33H48N4O. The quantitative estimate of drug-likeness (QED) is 0.228. The van der Waals surface area contributed by atoms with Crippen molar-refractivity contribution in [3.05, 3.63) is 72.2 Å². The summed E-state index contributed by atoms with van der Waals surface area (Å²) in [5.41, 5.74) is 7.08. The molecule has 2 aliphatic rings. The van der Waals surface area contributed by atoms with Crippen LogP contribution < -0.4 is 5.32 Å². The lowest BCUT2D eigenvalue weighted by atomic mass is 9.98. The number of anilines is 1. The number of nitrogens with zero attached hydrogens (tertiary/aromatic N) is 3. The van der Waals surface area contributed by atoms with E-state index in [4.69, 9.17) is 4.99 Å². The minimum absolute atomic E-state index is 0.0377. The van der Waals surface area contributed by atoms with E-state index in [1.165, 1.54) is 31.4 Å². The van der Waals surface area contributed by atoms with Gasteiger partial charge in [0.1, 0.15) is 6.04 Å². The molecule has 1 amide bonds. The van der Waals surface area contributed by atoms with Gasteiger partial charge in [0, 0.05) is 54.1 Å². The van der Waals surface area contributed by atoms with Gasteiger partial charge in [-0.25, -0.2) is 0 Å². The molecule has 206 valence electrons. The Morgan fingerprint density at radius 3 is 2.68 bits per heavy atom. The van der Waals surface area contributed by atoms with Crippen molar-refractivity contribution in [1.82, 2.24) is 9.80 Å². The zero-order valence-electron chi connectivity index (χ0n) is 24.4. The Kier molecular flexibility index (Phi) is 11.0. The third kappa shape index (κ3) is 7.49. The summed E-state index contributed by atoms with van der Waals surface area (Å²) in [7, 11) is 2.13. The van der Waals surface area contributed by atoms with E-state index in [0.717, 1.165) is 72.7 Å². The average molecular weight is 517 g/mol. The van der Waals surface area contributed by atoms with Crippen molar-refractivity contribution in [3.8, 4) is 0 Å². The monoisotopic (exact) mass is 516 g/mol. The maximum absolute atomic E-state index is 13.6. The second-order valence-electron chi connectivity index (χ2n) is 11.0. The van der Waals surface area contributed by atoms with Gasteiger partial charge in [0.05, 0.1) is 5.70 Å². The zero-order chi connectivity index (χ0) is 27.7. The van der Waals surface area contributed by atoms with Gasteiger partial charge in [0.25, 0.3) is 0 Å². The molecule has 1 aromatic carbocycles. The molecule has 1 aromatic rings. The van der Waals surface area contributed by atoms with E-state index >= 15 is 0 Å². The number of carbonyl (C=O) groups excluding carboxylic acids is 1. The van der Waals surface area contributed by atoms with E-state index in [9.17, 15) is 4.79 Å². The molecule has 0 aliphatic carbocycles. The molecule has 0 radical (unpaired) electrons. The highest BCUT2D eigenvalue weighted by atomic mass is 16.2. The van der Waals surface area contributed by atoms with Gasteiger partial charge in [-0.1, -0.05) is 76.6 Å². The van der Waals surface area contributed by atoms with Crippen LogP contribution in [0.25, 0.3) is 5.57 Å². The lowest BCUT2D eigenvalue weighted by molar-refractivity contribution is -0.119. The molecule has 1 N–H and O–H groups in total. The van der Waals surface area contributed by atoms with Crippen molar-refractivity contribution < 1.29 is 4.79 Å². The summed E-state index contributed by atoms with van der Waals surface area (Å²) >= 11 is 0. The fraction of sp³-hybridized carbons (Fsp3) is 0.515. The predicted octanol–water partition coefficient (Wildman–Crippen LogP) is 7.81. The topological polar surface area (TPSA) is 47.9 Å². The number of rotatable bonds is 12. The van der Waals surface area contributed by atoms with Crippen molar-refractivity contribution in [2.24, 2.45) is 10.9 Å². The van der Waals surface area contributed by atoms with Gasteiger partial charge < -0.3 is 15.1 Å². The number of unbranched alkanes of at least 4 members (excludes halogenated alkanes) is 1. The molecule has 38 heavy (non-hydrogen) atoms. The summed E-state index contributed by atoms with van der Waals surface area (Å²) in [4.78, 5) is 23.1. The largest absolute Gasteiger partial charge is 0.376 e. The fourth-order valence-electron chi connectivity index (χ4n) is 5.80. The van der Waals surface area contributed by atoms with Crippen LogP contribution in [0.5, 0.6) is 0 Å². The lowest BCUT2D eigenvalue weighted by Gasteiger charge is -2.29. The molecule has 2 unspecified atom stereocenters. The highest BCUT2D eigenvalue weighted by Gasteiger charge is 2.32. The molecule has 2 fully saturated rings. The number of likely N-dealkylation sites (tertiary alicyclic amines) is 2. The Bertz CT molecular complexity index is 1100. The predicted molar refractivity (Wildman–Crippen MR) is 163 cm³/mol. The minimum Gasteiger partial charge on any atom is -0.376 e. The normalized spacial score (nSPS) is 20.5. The number of benzene rings is 1. The second kappa shape index (κ2) is 14.2. The summed E-state index contributed by atoms with van der Waals surface area (Å²) in [6, 6.07) is 7.83. The number of para-hydroxylation sites is 1. The van der Waals surface area contributed by atoms with Crippen molar-refractivity contribution in [3.63, 3.8) is 0 Å². The van der Waals surface area contributed by atoms with E-state index in [2.05, 4.69) is 62.2 Å². The maximum atomic E-state index is 13.6. The van der Waals surface area contributed by atoms with Gasteiger partial charge in [-0.05, 0) is 57.9 Å². The average Bonchev–Trinajstić information content (AvgIpc) is 3.56. The molecule has 2 aliphatic heterocycles. The molecule has 5 nitrogen and oxygen atoms in total. The Morgan fingerprint density at radius 2 is 2.00 bits per heavy atom. The minimum atomic E-state index is -0.180. The Morgan fingerprint density at radius 1 is 1.24 bits per heavy atom. The molecule has 3 rings (SSSR count). The second-order valence-corrected chi connectivity index (χ2v) is 11.0. The summed E-state index contributed by atoms with van der Waals surface area (Å²) in [6.45, 7) is 19.0. The zero-order valence-corrected chi connectivity index (χ0v) is 24.4. The number of amides is 1. The van der Waals surface area contributed by atoms with Gasteiger partial charge in [-0.2, -0.15) is 0 Å². The Balaban J connectivity index is 1.80. The van der Waals surface area contributed by atoms with Gasteiger partial charge in [-0.15, -0.1) is 0 Å². The van der Waals surface area contributed by atoms with Gasteiger partial charge in [0.15, 0.2) is 0 Å². The first kappa shape index (κ1) is 29.5. The van der Waals surface area contributed by atoms with E-state index in [1.807, 2.05) is 31.2 Å². The number of allylic oxidation sites excluding steroid dienone is 6. The number of aliphatic imine (C=N–C) groups is 1. The first-order valence-electron chi connectivity index (χ1n) is 14.4. The fourth-order valence-corrected chi connectivity index (χ4v) is 5.80. The smallest absolute Gasteiger partial charge is 0.247 e. The highest BCUT2D eigenvalue weighted by Crippen LogP contribution is 2.31. The van der Waals surface area contributed by atoms with Crippen molar-refractivity contribution >= 4 is 22.9 Å². The summed E-state index contributed by atoms with van der Waals surface area (Å²) in [5, 5.41) is 3.26. The molecule has 2 saturated heterocycles. The van der Waals surface area contributed by atoms with Gasteiger partial charge in [0.2, 0.25) is 5.91 Å². The number of carbonyl (C=O) groups is 1. The van der Waals surface area contributed by atoms with E-state index in [0.29, 0.717) is 5.92 Å². The van der Waals surface area contributed by atoms with Crippen LogP contribution in [0.4, 0.5) is 5.69 Å². The third-order valence-corrected chi connectivity index (χ3v) is 7.87. The van der Waals surface area contributed by atoms with Crippen LogP contribution in [0, 0.1) is 5.92 Å². The molecule has 0 saturated carbocycles. The Hall–Kier alpha value is -3.08. The number of nitrogens with one attached hydrogen (secondary N) is 1. The molecule has 5 heteroatoms. The van der Waals surface area contributed by atoms with Crippen LogP contribution in [0.1, 0.15) is 84.6 Å². The van der Waals surface area contributed by atoms with Gasteiger partial charge in [-0.3, -0.25) is 9.79 Å². The van der Waals surface area contributed by atoms with Crippen LogP contribution in [0.2, 0.25) is 0 Å². The van der Waals surface area contributed by atoms with Crippen LogP contribution >= 0.6 is 0 Å². The summed E-state index contributed by atoms with van der Waals surface area (Å²) in [5.74, 6) is 0.625. The molecule has 0 bridgehead atoms. The maximum Gasteiger partial charge on any atom is 0.247 e. The third-order valence-electron chi connectivity index (χ3n) is 7.87. The molecule has 0 spiro atoms. The van der Waals surface area contributed by atoms with E-state index < -0.39 is 0 Å². The van der Waals surface area contributed by atoms with Crippen LogP contribution in [-0.4, -0.2) is 47.6 Å². The lowest BCUT2D eigenvalue weighted by Crippen LogP contribution is -2.39. The van der Waals surface area contributed by atoms with E-state index in [-0.39, 0.29) is 11.9 Å². The number of hydrogen-bond donors (Lipinski definition) is 1. The number of hydrogen-bond acceptors (Lipinski definition) is 4. The molecule has 0 aromatic heterocycles. The SMILES string of the molecule is C=C\C=C(/C(C)=N/C(C)=C1\CCCN1C)c1ccccc1NC(=O)C1CCCN1C(=C)CC(C)CCCC. The molecule has 2 heterocycles. The molecule has 2 atom stereocenters. The first-order chi connectivity index (χ1) is 18.3. The van der Waals surface area contributed by atoms with Crippen LogP contribution in [0.15, 0.2) is 71.7 Å². The highest BCUT2D eigenvalue weighted by molar-refractivity contribution is 6.25. The standard InChI is InChI=1S/C33H48N4O/c1-8-10-16-24(3)23-25(4)37-22-14-20-32(37)33(38)35-30-18-12-11-17-29(30)28(15-9-2)26(5)34-27(6)31-19-13-21-36(31)7/h9,11-12,15,17-18,24,32H,2,4,8,10,13-14,16,19-23H2,1,3,5-7H3,(H,35,38)/b28-15+,31-27+,34-26+. The van der Waals surface area contributed by atoms with Crippen LogP contribution in [0.3, 0.4) is 0 Å². The van der Waals surface area contributed by atoms with Crippen molar-refractivity contribution in [2.75, 3.05) is 25.5 Å². The van der Waals surface area contributed by atoms with Gasteiger partial charge >= 0.3 is 0 Å². The summed E-state index contributed by atoms with van der Waals surface area (Å²) in [6.07, 6.45) is 12.5. The van der Waals surface area contributed by atoms with Crippen LogP contribution in [-0.2, 0) is 4.79 Å². The summed E-state index contributed by atoms with van der Waals surface area (Å²) < 4.78 is 0.